The van der Waals surface area contributed by atoms with E-state index < -0.39 is 0 Å². The Balaban J connectivity index is 2.00. The van der Waals surface area contributed by atoms with E-state index in [9.17, 15) is 0 Å². The van der Waals surface area contributed by atoms with E-state index in [2.05, 4.69) is 62.4 Å². The number of nitrogens with zero attached hydrogens (tertiary/aromatic N) is 2. The molecule has 1 aromatic carbocycles. The van der Waals surface area contributed by atoms with Gasteiger partial charge in [0.2, 0.25) is 0 Å². The Morgan fingerprint density at radius 3 is 2.89 bits per heavy atom. The molecule has 1 heterocycles. The third-order valence-corrected chi connectivity index (χ3v) is 4.10. The summed E-state index contributed by atoms with van der Waals surface area (Å²) in [5.41, 5.74) is 2.31. The first-order valence-electron chi connectivity index (χ1n) is 6.79. The van der Waals surface area contributed by atoms with Crippen molar-refractivity contribution >= 4 is 28.3 Å². The second kappa shape index (κ2) is 6.33. The lowest BCUT2D eigenvalue weighted by molar-refractivity contribution is 0.529. The predicted octanol–water partition coefficient (Wildman–Crippen LogP) is 3.68. The van der Waals surface area contributed by atoms with Gasteiger partial charge in [0, 0.05) is 31.2 Å². The number of amidine groups is 1. The molecule has 0 aliphatic carbocycles. The maximum Gasteiger partial charge on any atom is 0.161 e. The highest BCUT2D eigenvalue weighted by Gasteiger charge is 2.19. The van der Waals surface area contributed by atoms with Crippen molar-refractivity contribution in [1.82, 2.24) is 0 Å². The van der Waals surface area contributed by atoms with Gasteiger partial charge >= 0.3 is 0 Å². The van der Waals surface area contributed by atoms with Gasteiger partial charge in [0.1, 0.15) is 0 Å². The van der Waals surface area contributed by atoms with E-state index in [1.165, 1.54) is 12.1 Å². The van der Waals surface area contributed by atoms with Gasteiger partial charge in [-0.15, -0.1) is 0 Å². The minimum atomic E-state index is 0.476. The Labute approximate surface area is 120 Å². The van der Waals surface area contributed by atoms with Gasteiger partial charge in [-0.3, -0.25) is 4.99 Å². The van der Waals surface area contributed by atoms with E-state index in [1.807, 2.05) is 11.8 Å². The smallest absolute Gasteiger partial charge is 0.161 e. The Morgan fingerprint density at radius 2 is 2.21 bits per heavy atom. The van der Waals surface area contributed by atoms with Crippen LogP contribution in [0.25, 0.3) is 0 Å². The lowest BCUT2D eigenvalue weighted by atomic mass is 10.1. The molecule has 0 saturated carbocycles. The van der Waals surface area contributed by atoms with Gasteiger partial charge in [-0.2, -0.15) is 0 Å². The summed E-state index contributed by atoms with van der Waals surface area (Å²) in [5.74, 6) is 1.82. The first-order valence-corrected chi connectivity index (χ1v) is 7.78. The van der Waals surface area contributed by atoms with Crippen LogP contribution in [-0.2, 0) is 0 Å². The number of aliphatic imine (C=N–C) groups is 1. The average Bonchev–Trinajstić information content (AvgIpc) is 2.76. The van der Waals surface area contributed by atoms with Crippen molar-refractivity contribution in [2.75, 3.05) is 30.1 Å². The van der Waals surface area contributed by atoms with Gasteiger partial charge in [0.25, 0.3) is 0 Å². The molecule has 1 aliphatic rings. The molecule has 1 N–H and O–H groups in total. The fourth-order valence-corrected chi connectivity index (χ4v) is 3.11. The van der Waals surface area contributed by atoms with Gasteiger partial charge in [-0.05, 0) is 30.5 Å². The summed E-state index contributed by atoms with van der Waals surface area (Å²) in [4.78, 5) is 6.86. The van der Waals surface area contributed by atoms with Crippen molar-refractivity contribution in [1.29, 1.82) is 0 Å². The first kappa shape index (κ1) is 14.3. The van der Waals surface area contributed by atoms with E-state index >= 15 is 0 Å². The fourth-order valence-electron chi connectivity index (χ4n) is 2.13. The highest BCUT2D eigenvalue weighted by Crippen LogP contribution is 2.25. The van der Waals surface area contributed by atoms with E-state index in [4.69, 9.17) is 4.99 Å². The number of nitrogens with one attached hydrogen (secondary N) is 1. The lowest BCUT2D eigenvalue weighted by Crippen LogP contribution is -2.10. The van der Waals surface area contributed by atoms with Gasteiger partial charge in [0.05, 0.1) is 6.04 Å². The normalized spacial score (nSPS) is 18.6. The van der Waals surface area contributed by atoms with Crippen molar-refractivity contribution < 1.29 is 0 Å². The topological polar surface area (TPSA) is 27.6 Å². The van der Waals surface area contributed by atoms with E-state index in [0.717, 1.165) is 16.6 Å². The van der Waals surface area contributed by atoms with Gasteiger partial charge in [-0.1, -0.05) is 31.7 Å². The van der Waals surface area contributed by atoms with Crippen LogP contribution in [0.3, 0.4) is 0 Å². The van der Waals surface area contributed by atoms with E-state index in [1.54, 1.807) is 0 Å². The minimum Gasteiger partial charge on any atom is -0.378 e. The Morgan fingerprint density at radius 1 is 1.42 bits per heavy atom. The summed E-state index contributed by atoms with van der Waals surface area (Å²) in [5, 5.41) is 4.48. The van der Waals surface area contributed by atoms with Crippen molar-refractivity contribution in [3.8, 4) is 0 Å². The van der Waals surface area contributed by atoms with Crippen LogP contribution in [0.5, 0.6) is 0 Å². The molecule has 0 radical (unpaired) electrons. The summed E-state index contributed by atoms with van der Waals surface area (Å²) in [6, 6.07) is 8.90. The molecule has 1 unspecified atom stereocenters. The number of hydrogen-bond donors (Lipinski definition) is 1. The predicted molar refractivity (Wildman–Crippen MR) is 87.5 cm³/mol. The summed E-state index contributed by atoms with van der Waals surface area (Å²) < 4.78 is 0. The highest BCUT2D eigenvalue weighted by molar-refractivity contribution is 8.14. The van der Waals surface area contributed by atoms with Gasteiger partial charge in [-0.25, -0.2) is 0 Å². The molecule has 1 aliphatic heterocycles. The van der Waals surface area contributed by atoms with E-state index in [-0.39, 0.29) is 0 Å². The number of benzene rings is 1. The quantitative estimate of drug-likeness (QED) is 0.909. The summed E-state index contributed by atoms with van der Waals surface area (Å²) in [6.07, 6.45) is 1.18. The molecule has 0 bridgehead atoms. The molecule has 0 amide bonds. The maximum absolute atomic E-state index is 4.75. The molecular formula is C15H23N3S. The Bertz CT molecular complexity index is 454. The van der Waals surface area contributed by atoms with Crippen LogP contribution in [-0.4, -0.2) is 31.1 Å². The second-order valence-electron chi connectivity index (χ2n) is 5.60. The zero-order chi connectivity index (χ0) is 13.8. The molecule has 0 saturated heterocycles. The minimum absolute atomic E-state index is 0.476. The standard InChI is InChI=1S/C15H23N3S/c1-11(2)8-13-10-19-15(17-13)16-12-6-5-7-14(9-12)18(3)4/h5-7,9,11,13H,8,10H2,1-4H3,(H,16,17). The molecule has 1 atom stereocenters. The maximum atomic E-state index is 4.75. The number of thioether (sulfide) groups is 1. The second-order valence-corrected chi connectivity index (χ2v) is 6.61. The zero-order valence-corrected chi connectivity index (χ0v) is 13.0. The first-order chi connectivity index (χ1) is 9.04. The lowest BCUT2D eigenvalue weighted by Gasteiger charge is -2.14. The molecule has 0 spiro atoms. The Hall–Kier alpha value is -1.16. The van der Waals surface area contributed by atoms with Crippen molar-refractivity contribution in [3.05, 3.63) is 24.3 Å². The van der Waals surface area contributed by atoms with Crippen LogP contribution in [0.4, 0.5) is 11.4 Å². The van der Waals surface area contributed by atoms with Crippen LogP contribution in [0.1, 0.15) is 20.3 Å². The largest absolute Gasteiger partial charge is 0.378 e. The van der Waals surface area contributed by atoms with Gasteiger partial charge in [0.15, 0.2) is 5.17 Å². The third kappa shape index (κ3) is 4.16. The van der Waals surface area contributed by atoms with E-state index in [0.29, 0.717) is 12.0 Å². The van der Waals surface area contributed by atoms with Crippen molar-refractivity contribution in [2.24, 2.45) is 10.9 Å². The van der Waals surface area contributed by atoms with Crippen LogP contribution < -0.4 is 10.2 Å². The monoisotopic (exact) mass is 277 g/mol. The summed E-state index contributed by atoms with van der Waals surface area (Å²) in [7, 11) is 4.11. The Kier molecular flexibility index (Phi) is 4.75. The number of hydrogen-bond acceptors (Lipinski definition) is 4. The molecule has 3 nitrogen and oxygen atoms in total. The highest BCUT2D eigenvalue weighted by atomic mass is 32.2. The third-order valence-electron chi connectivity index (χ3n) is 3.07. The fraction of sp³-hybridized carbons (Fsp3) is 0.533. The van der Waals surface area contributed by atoms with Crippen LogP contribution in [0.2, 0.25) is 0 Å². The van der Waals surface area contributed by atoms with Crippen molar-refractivity contribution in [3.63, 3.8) is 0 Å². The van der Waals surface area contributed by atoms with Crippen LogP contribution >= 0.6 is 11.8 Å². The molecule has 0 aromatic heterocycles. The van der Waals surface area contributed by atoms with Crippen LogP contribution in [0.15, 0.2) is 29.3 Å². The number of anilines is 2. The summed E-state index contributed by atoms with van der Waals surface area (Å²) >= 11 is 1.83. The zero-order valence-electron chi connectivity index (χ0n) is 12.2. The molecule has 4 heteroatoms. The SMILES string of the molecule is CC(C)CC1CSC(Nc2cccc(N(C)C)c2)=N1. The molecule has 0 fully saturated rings. The molecule has 19 heavy (non-hydrogen) atoms. The van der Waals surface area contributed by atoms with Gasteiger partial charge < -0.3 is 10.2 Å². The molecule has 1 aromatic rings. The molecule has 2 rings (SSSR count). The molecular weight excluding hydrogens is 254 g/mol. The van der Waals surface area contributed by atoms with Crippen molar-refractivity contribution in [2.45, 2.75) is 26.3 Å². The van der Waals surface area contributed by atoms with Crippen LogP contribution in [0, 0.1) is 5.92 Å². The summed E-state index contributed by atoms with van der Waals surface area (Å²) in [6.45, 7) is 4.51. The average molecular weight is 277 g/mol. The molecule has 104 valence electrons. The number of rotatable bonds is 4.